The molecule has 0 N–H and O–H groups in total. The predicted octanol–water partition coefficient (Wildman–Crippen LogP) is 0.562. The van der Waals surface area contributed by atoms with Gasteiger partial charge in [0.1, 0.15) is 7.05 Å². The van der Waals surface area contributed by atoms with Gasteiger partial charge in [-0.25, -0.2) is 4.57 Å². The van der Waals surface area contributed by atoms with Crippen molar-refractivity contribution < 1.29 is 35.8 Å². The van der Waals surface area contributed by atoms with E-state index in [1.54, 1.807) is 14.2 Å². The number of fused-ring (bicyclic) bond motifs is 1. The molecule has 0 fully saturated rings. The Hall–Kier alpha value is -1.92. The molecule has 0 saturated heterocycles. The molecule has 0 radical (unpaired) electrons. The number of benzene rings is 1. The number of pyridine rings is 1. The van der Waals surface area contributed by atoms with Crippen LogP contribution in [0.25, 0.3) is 10.1 Å². The summed E-state index contributed by atoms with van der Waals surface area (Å²) >= 11 is 1.50. The second-order valence-electron chi connectivity index (χ2n) is 5.65. The summed E-state index contributed by atoms with van der Waals surface area (Å²) in [6, 6.07) is 9.88. The molecule has 4 nitrogen and oxygen atoms in total. The number of nitrogens with zero attached hydrogens (tertiary/aromatic N) is 1. The highest BCUT2D eigenvalue weighted by Crippen LogP contribution is 2.36. The lowest BCUT2D eigenvalue weighted by Gasteiger charge is -2.06. The van der Waals surface area contributed by atoms with Gasteiger partial charge in [-0.05, 0) is 29.5 Å². The number of carbonyl (C=O) groups is 1. The van der Waals surface area contributed by atoms with Crippen LogP contribution in [0.4, 0.5) is 0 Å². The predicted molar refractivity (Wildman–Crippen MR) is 95.2 cm³/mol. The van der Waals surface area contributed by atoms with Gasteiger partial charge < -0.3 is 26.5 Å². The minimum Gasteiger partial charge on any atom is -1.00 e. The fraction of sp³-hybridized carbons (Fsp3) is 0.263. The second kappa shape index (κ2) is 8.45. The number of aryl methyl sites for hydroxylation is 2. The molecule has 0 amide bonds. The average Bonchev–Trinajstić information content (AvgIpc) is 3.02. The largest absolute Gasteiger partial charge is 1.00 e. The van der Waals surface area contributed by atoms with Gasteiger partial charge in [0.25, 0.3) is 0 Å². The molecule has 2 heterocycles. The first-order chi connectivity index (χ1) is 11.6. The van der Waals surface area contributed by atoms with Crippen LogP contribution in [0.1, 0.15) is 21.7 Å². The molecule has 2 aromatic heterocycles. The summed E-state index contributed by atoms with van der Waals surface area (Å²) < 4.78 is 13.7. The van der Waals surface area contributed by atoms with Gasteiger partial charge in [-0.1, -0.05) is 0 Å². The van der Waals surface area contributed by atoms with Crippen molar-refractivity contribution in [1.82, 2.24) is 0 Å². The Morgan fingerprint density at radius 1 is 1.08 bits per heavy atom. The third-order valence-electron chi connectivity index (χ3n) is 3.99. The summed E-state index contributed by atoms with van der Waals surface area (Å²) in [6.45, 7) is 0. The minimum atomic E-state index is 0. The number of ether oxygens (including phenoxy) is 2. The fourth-order valence-corrected chi connectivity index (χ4v) is 3.62. The Kier molecular flexibility index (Phi) is 6.56. The van der Waals surface area contributed by atoms with E-state index in [-0.39, 0.29) is 22.8 Å². The average molecular weight is 422 g/mol. The van der Waals surface area contributed by atoms with Crippen LogP contribution in [0.5, 0.6) is 11.5 Å². The molecule has 0 atom stereocenters. The van der Waals surface area contributed by atoms with Crippen LogP contribution < -0.4 is 31.0 Å². The van der Waals surface area contributed by atoms with Gasteiger partial charge in [0.05, 0.1) is 19.1 Å². The molecule has 6 heteroatoms. The maximum Gasteiger partial charge on any atom is 0.173 e. The van der Waals surface area contributed by atoms with E-state index in [4.69, 9.17) is 9.47 Å². The summed E-state index contributed by atoms with van der Waals surface area (Å²) in [5.74, 6) is 1.53. The van der Waals surface area contributed by atoms with Gasteiger partial charge in [-0.3, -0.25) is 4.79 Å². The van der Waals surface area contributed by atoms with Crippen LogP contribution >= 0.6 is 11.3 Å². The quantitative estimate of drug-likeness (QED) is 0.431. The highest BCUT2D eigenvalue weighted by atomic mass is 79.9. The molecule has 3 aromatic rings. The molecular weight excluding hydrogens is 402 g/mol. The van der Waals surface area contributed by atoms with E-state index < -0.39 is 0 Å². The Labute approximate surface area is 161 Å². The van der Waals surface area contributed by atoms with Gasteiger partial charge in [0.2, 0.25) is 0 Å². The van der Waals surface area contributed by atoms with Crippen LogP contribution in [-0.4, -0.2) is 20.0 Å². The van der Waals surface area contributed by atoms with Crippen molar-refractivity contribution in [3.63, 3.8) is 0 Å². The van der Waals surface area contributed by atoms with E-state index in [0.29, 0.717) is 17.9 Å². The van der Waals surface area contributed by atoms with E-state index in [9.17, 15) is 4.79 Å². The topological polar surface area (TPSA) is 39.4 Å². The number of hydrogen-bond acceptors (Lipinski definition) is 4. The molecule has 0 aliphatic rings. The van der Waals surface area contributed by atoms with E-state index in [0.717, 1.165) is 21.4 Å². The van der Waals surface area contributed by atoms with E-state index in [1.165, 1.54) is 16.9 Å². The van der Waals surface area contributed by atoms with Crippen LogP contribution in [0, 0.1) is 0 Å². The Bertz CT molecular complexity index is 833. The zero-order chi connectivity index (χ0) is 17.1. The summed E-state index contributed by atoms with van der Waals surface area (Å²) in [5.41, 5.74) is 1.17. The maximum absolute atomic E-state index is 12.5. The number of rotatable bonds is 6. The Morgan fingerprint density at radius 2 is 1.72 bits per heavy atom. The van der Waals surface area contributed by atoms with Crippen molar-refractivity contribution in [2.75, 3.05) is 14.2 Å². The summed E-state index contributed by atoms with van der Waals surface area (Å²) in [5, 5.41) is 1.01. The smallest absolute Gasteiger partial charge is 0.173 e. The standard InChI is InChI=1S/C19H20NO3S.BrH/c1-20-8-6-13(7-9-20)4-5-15(21)19-11-14-10-16(22-2)17(23-3)12-18(14)24-19;/h6-12H,4-5H2,1-3H3;1H/q+1;/p-1. The first-order valence-electron chi connectivity index (χ1n) is 7.73. The van der Waals surface area contributed by atoms with Crippen LogP contribution in [0.15, 0.2) is 42.7 Å². The van der Waals surface area contributed by atoms with Crippen molar-refractivity contribution in [3.05, 3.63) is 53.2 Å². The Balaban J connectivity index is 0.00000225. The summed E-state index contributed by atoms with van der Waals surface area (Å²) in [6.07, 6.45) is 5.25. The fourth-order valence-electron chi connectivity index (χ4n) is 2.58. The summed E-state index contributed by atoms with van der Waals surface area (Å²) in [7, 11) is 5.21. The molecule has 25 heavy (non-hydrogen) atoms. The number of thiophene rings is 1. The molecule has 0 aliphatic carbocycles. The minimum absolute atomic E-state index is 0. The van der Waals surface area contributed by atoms with Gasteiger partial charge >= 0.3 is 0 Å². The van der Waals surface area contributed by atoms with Gasteiger partial charge in [0.15, 0.2) is 29.7 Å². The third kappa shape index (κ3) is 4.38. The van der Waals surface area contributed by atoms with Crippen molar-refractivity contribution in [1.29, 1.82) is 0 Å². The zero-order valence-corrected chi connectivity index (χ0v) is 16.8. The van der Waals surface area contributed by atoms with Gasteiger partial charge in [-0.2, -0.15) is 0 Å². The number of Topliss-reactive ketones (excluding diaryl/α,β-unsaturated/α-hetero) is 1. The number of halogens is 1. The molecular formula is C19H20BrNO3S. The molecule has 0 spiro atoms. The van der Waals surface area contributed by atoms with Crippen molar-refractivity contribution >= 4 is 27.2 Å². The Morgan fingerprint density at radius 3 is 2.36 bits per heavy atom. The van der Waals surface area contributed by atoms with E-state index in [2.05, 4.69) is 0 Å². The lowest BCUT2D eigenvalue weighted by atomic mass is 10.1. The summed E-state index contributed by atoms with van der Waals surface area (Å²) in [4.78, 5) is 13.3. The monoisotopic (exact) mass is 421 g/mol. The molecule has 0 aliphatic heterocycles. The van der Waals surface area contributed by atoms with E-state index in [1.807, 2.05) is 54.3 Å². The van der Waals surface area contributed by atoms with Crippen molar-refractivity contribution in [2.45, 2.75) is 12.8 Å². The van der Waals surface area contributed by atoms with Crippen LogP contribution in [-0.2, 0) is 13.5 Å². The molecule has 0 bridgehead atoms. The van der Waals surface area contributed by atoms with Crippen molar-refractivity contribution in [3.8, 4) is 11.5 Å². The number of hydrogen-bond donors (Lipinski definition) is 0. The maximum atomic E-state index is 12.5. The highest BCUT2D eigenvalue weighted by Gasteiger charge is 2.14. The second-order valence-corrected chi connectivity index (χ2v) is 6.73. The number of methoxy groups -OCH3 is 2. The van der Waals surface area contributed by atoms with Gasteiger partial charge in [-0.15, -0.1) is 11.3 Å². The lowest BCUT2D eigenvalue weighted by Crippen LogP contribution is -3.00. The molecule has 0 saturated carbocycles. The molecule has 0 unspecified atom stereocenters. The van der Waals surface area contributed by atoms with E-state index >= 15 is 0 Å². The van der Waals surface area contributed by atoms with Crippen LogP contribution in [0.3, 0.4) is 0 Å². The van der Waals surface area contributed by atoms with Crippen molar-refractivity contribution in [2.24, 2.45) is 7.05 Å². The zero-order valence-electron chi connectivity index (χ0n) is 14.4. The highest BCUT2D eigenvalue weighted by molar-refractivity contribution is 7.20. The SMILES string of the molecule is COc1cc2cc(C(=O)CCc3cc[n+](C)cc3)sc2cc1OC.[Br-]. The molecule has 3 rings (SSSR count). The number of aromatic nitrogens is 1. The number of ketones is 1. The first kappa shape index (κ1) is 19.4. The third-order valence-corrected chi connectivity index (χ3v) is 5.12. The first-order valence-corrected chi connectivity index (χ1v) is 8.55. The molecule has 132 valence electrons. The number of carbonyl (C=O) groups excluding carboxylic acids is 1. The molecule has 1 aromatic carbocycles. The normalized spacial score (nSPS) is 10.4. The lowest BCUT2D eigenvalue weighted by molar-refractivity contribution is -0.671. The van der Waals surface area contributed by atoms with Crippen LogP contribution in [0.2, 0.25) is 0 Å². The van der Waals surface area contributed by atoms with Gasteiger partial charge in [0, 0.05) is 29.3 Å².